The number of para-hydroxylation sites is 1. The first kappa shape index (κ1) is 21.3. The van der Waals surface area contributed by atoms with Crippen LogP contribution in [0.25, 0.3) is 0 Å². The predicted molar refractivity (Wildman–Crippen MR) is 113 cm³/mol. The molecule has 0 saturated carbocycles. The molecule has 5 nitrogen and oxygen atoms in total. The van der Waals surface area contributed by atoms with Gasteiger partial charge in [-0.3, -0.25) is 4.55 Å². The van der Waals surface area contributed by atoms with Crippen LogP contribution in [0.4, 0.5) is 11.4 Å². The fourth-order valence-corrected chi connectivity index (χ4v) is 4.27. The van der Waals surface area contributed by atoms with E-state index in [-0.39, 0.29) is 4.90 Å². The summed E-state index contributed by atoms with van der Waals surface area (Å²) in [5.74, 6) is 0. The first-order chi connectivity index (χ1) is 12.9. The number of nitrogens with zero attached hydrogens (tertiary/aromatic N) is 2. The number of anilines is 2. The van der Waals surface area contributed by atoms with E-state index in [1.165, 1.54) is 6.07 Å². The number of hydrogen-bond acceptors (Lipinski definition) is 4. The van der Waals surface area contributed by atoms with Crippen molar-refractivity contribution in [3.63, 3.8) is 0 Å². The monoisotopic (exact) mass is 390 g/mol. The van der Waals surface area contributed by atoms with Crippen LogP contribution in [0.1, 0.15) is 38.8 Å². The molecule has 6 heteroatoms. The van der Waals surface area contributed by atoms with Gasteiger partial charge in [-0.15, -0.1) is 0 Å². The normalized spacial score (nSPS) is 11.4. The molecule has 0 radical (unpaired) electrons. The number of hydrogen-bond donors (Lipinski definition) is 1. The molecule has 0 aliphatic heterocycles. The fraction of sp³-hybridized carbons (Fsp3) is 0.429. The lowest BCUT2D eigenvalue weighted by molar-refractivity contribution is 0.482. The maximum Gasteiger partial charge on any atom is 0.294 e. The Morgan fingerprint density at radius 1 is 0.778 bits per heavy atom. The van der Waals surface area contributed by atoms with Gasteiger partial charge in [0.15, 0.2) is 0 Å². The average molecular weight is 391 g/mol. The summed E-state index contributed by atoms with van der Waals surface area (Å²) in [7, 11) is -4.26. The zero-order chi connectivity index (χ0) is 20.0. The second kappa shape index (κ2) is 9.24. The minimum Gasteiger partial charge on any atom is -0.370 e. The van der Waals surface area contributed by atoms with Crippen LogP contribution < -0.4 is 9.80 Å². The van der Waals surface area contributed by atoms with Crippen molar-refractivity contribution < 1.29 is 13.0 Å². The molecule has 0 aromatic heterocycles. The first-order valence-corrected chi connectivity index (χ1v) is 11.0. The predicted octanol–water partition coefficient (Wildman–Crippen LogP) is 4.22. The molecule has 0 heterocycles. The van der Waals surface area contributed by atoms with Gasteiger partial charge in [-0.25, -0.2) is 0 Å². The maximum absolute atomic E-state index is 11.8. The molecule has 2 aromatic carbocycles. The maximum atomic E-state index is 11.8. The van der Waals surface area contributed by atoms with Gasteiger partial charge in [0.25, 0.3) is 10.1 Å². The van der Waals surface area contributed by atoms with E-state index in [1.54, 1.807) is 18.2 Å². The smallest absolute Gasteiger partial charge is 0.294 e. The van der Waals surface area contributed by atoms with Crippen LogP contribution in [-0.2, 0) is 16.5 Å². The van der Waals surface area contributed by atoms with Gasteiger partial charge in [0.1, 0.15) is 0 Å². The summed E-state index contributed by atoms with van der Waals surface area (Å²) >= 11 is 0. The van der Waals surface area contributed by atoms with Gasteiger partial charge >= 0.3 is 0 Å². The number of rotatable bonds is 9. The van der Waals surface area contributed by atoms with E-state index in [1.807, 2.05) is 12.1 Å². The topological polar surface area (TPSA) is 60.9 Å². The van der Waals surface area contributed by atoms with Crippen LogP contribution in [-0.4, -0.2) is 39.1 Å². The van der Waals surface area contributed by atoms with Gasteiger partial charge in [0, 0.05) is 32.6 Å². The van der Waals surface area contributed by atoms with E-state index < -0.39 is 10.1 Å². The van der Waals surface area contributed by atoms with Gasteiger partial charge in [0.05, 0.1) is 16.3 Å². The summed E-state index contributed by atoms with van der Waals surface area (Å²) < 4.78 is 33.2. The summed E-state index contributed by atoms with van der Waals surface area (Å²) in [5, 5.41) is 0. The van der Waals surface area contributed by atoms with Crippen molar-refractivity contribution in [2.24, 2.45) is 0 Å². The van der Waals surface area contributed by atoms with Crippen molar-refractivity contribution in [1.29, 1.82) is 0 Å². The van der Waals surface area contributed by atoms with Crippen LogP contribution in [0.2, 0.25) is 0 Å². The Kier molecular flexibility index (Phi) is 7.27. The lowest BCUT2D eigenvalue weighted by Crippen LogP contribution is -2.29. The molecule has 0 aliphatic carbocycles. The Bertz CT molecular complexity index is 857. The zero-order valence-corrected chi connectivity index (χ0v) is 17.5. The molecule has 27 heavy (non-hydrogen) atoms. The van der Waals surface area contributed by atoms with Gasteiger partial charge in [-0.2, -0.15) is 8.42 Å². The summed E-state index contributed by atoms with van der Waals surface area (Å²) in [6, 6.07) is 12.8. The summed E-state index contributed by atoms with van der Waals surface area (Å²) in [6.07, 6.45) is 0.441. The molecule has 2 rings (SSSR count). The highest BCUT2D eigenvalue weighted by molar-refractivity contribution is 7.85. The first-order valence-electron chi connectivity index (χ1n) is 9.54. The standard InChI is InChI=1S/C21H30N2O3S/c1-5-22(6-2)19-14-11-13-18(21(19)23(7-3)8-4)16-17-12-9-10-15-20(17)27(24,25)26/h9-15H,5-8,16H2,1-4H3,(H,24,25,26). The molecular weight excluding hydrogens is 360 g/mol. The summed E-state index contributed by atoms with van der Waals surface area (Å²) in [4.78, 5) is 4.59. The molecule has 2 aromatic rings. The van der Waals surface area contributed by atoms with E-state index >= 15 is 0 Å². The van der Waals surface area contributed by atoms with Crippen molar-refractivity contribution in [2.75, 3.05) is 36.0 Å². The van der Waals surface area contributed by atoms with E-state index in [9.17, 15) is 13.0 Å². The molecule has 0 spiro atoms. The fourth-order valence-electron chi connectivity index (χ4n) is 3.55. The Balaban J connectivity index is 2.63. The van der Waals surface area contributed by atoms with E-state index in [4.69, 9.17) is 0 Å². The average Bonchev–Trinajstić information content (AvgIpc) is 2.65. The largest absolute Gasteiger partial charge is 0.370 e. The summed E-state index contributed by atoms with van der Waals surface area (Å²) in [5.41, 5.74) is 3.95. The highest BCUT2D eigenvalue weighted by Gasteiger charge is 2.20. The second-order valence-corrected chi connectivity index (χ2v) is 7.78. The molecule has 0 aliphatic rings. The lowest BCUT2D eigenvalue weighted by Gasteiger charge is -2.32. The van der Waals surface area contributed by atoms with E-state index in [2.05, 4.69) is 43.6 Å². The molecule has 148 valence electrons. The van der Waals surface area contributed by atoms with E-state index in [0.29, 0.717) is 12.0 Å². The van der Waals surface area contributed by atoms with Crippen molar-refractivity contribution in [2.45, 2.75) is 39.0 Å². The molecule has 0 atom stereocenters. The Labute approximate surface area is 163 Å². The van der Waals surface area contributed by atoms with Crippen LogP contribution in [0.15, 0.2) is 47.4 Å². The van der Waals surface area contributed by atoms with Crippen LogP contribution in [0.3, 0.4) is 0 Å². The van der Waals surface area contributed by atoms with Gasteiger partial charge < -0.3 is 9.80 Å². The number of benzene rings is 2. The summed E-state index contributed by atoms with van der Waals surface area (Å²) in [6.45, 7) is 12.0. The minimum atomic E-state index is -4.26. The third-order valence-electron chi connectivity index (χ3n) is 4.91. The van der Waals surface area contributed by atoms with Crippen molar-refractivity contribution >= 4 is 21.5 Å². The molecule has 0 amide bonds. The third kappa shape index (κ3) is 4.82. The lowest BCUT2D eigenvalue weighted by atomic mass is 10.0. The van der Waals surface area contributed by atoms with Crippen LogP contribution >= 0.6 is 0 Å². The van der Waals surface area contributed by atoms with Gasteiger partial charge in [-0.05, 0) is 51.0 Å². The van der Waals surface area contributed by atoms with E-state index in [0.717, 1.165) is 43.1 Å². The second-order valence-electron chi connectivity index (χ2n) is 6.39. The van der Waals surface area contributed by atoms with Crippen molar-refractivity contribution in [1.82, 2.24) is 0 Å². The molecule has 0 saturated heterocycles. The molecule has 0 unspecified atom stereocenters. The third-order valence-corrected chi connectivity index (χ3v) is 5.87. The van der Waals surface area contributed by atoms with Crippen molar-refractivity contribution in [3.05, 3.63) is 53.6 Å². The van der Waals surface area contributed by atoms with Gasteiger partial charge in [0.2, 0.25) is 0 Å². The highest BCUT2D eigenvalue weighted by atomic mass is 32.2. The Morgan fingerprint density at radius 2 is 1.33 bits per heavy atom. The highest BCUT2D eigenvalue weighted by Crippen LogP contribution is 2.35. The van der Waals surface area contributed by atoms with Crippen molar-refractivity contribution in [3.8, 4) is 0 Å². The molecule has 1 N–H and O–H groups in total. The molecule has 0 fully saturated rings. The Hall–Kier alpha value is -2.05. The SMILES string of the molecule is CCN(CC)c1cccc(Cc2ccccc2S(=O)(=O)O)c1N(CC)CC. The van der Waals surface area contributed by atoms with Crippen LogP contribution in [0, 0.1) is 0 Å². The van der Waals surface area contributed by atoms with Gasteiger partial charge in [-0.1, -0.05) is 30.3 Å². The quantitative estimate of drug-likeness (QED) is 0.650. The van der Waals surface area contributed by atoms with Crippen LogP contribution in [0.5, 0.6) is 0 Å². The minimum absolute atomic E-state index is 0.0243. The molecular formula is C21H30N2O3S. The zero-order valence-electron chi connectivity index (χ0n) is 16.6. The molecule has 0 bridgehead atoms. The Morgan fingerprint density at radius 3 is 1.89 bits per heavy atom.